The molecule has 0 radical (unpaired) electrons. The molecule has 1 saturated heterocycles. The van der Waals surface area contributed by atoms with Crippen molar-refractivity contribution in [1.82, 2.24) is 30.1 Å². The Morgan fingerprint density at radius 1 is 1.26 bits per heavy atom. The van der Waals surface area contributed by atoms with E-state index in [1.165, 1.54) is 6.20 Å². The fourth-order valence-electron chi connectivity index (χ4n) is 4.26. The first-order chi connectivity index (χ1) is 15.9. The third kappa shape index (κ3) is 5.78. The first kappa shape index (κ1) is 28.6. The summed E-state index contributed by atoms with van der Waals surface area (Å²) in [5.74, 6) is 0.513. The predicted octanol–water partition coefficient (Wildman–Crippen LogP) is -1.60. The smallest absolute Gasteiger partial charge is 0.277 e. The predicted molar refractivity (Wildman–Crippen MR) is 132 cm³/mol. The summed E-state index contributed by atoms with van der Waals surface area (Å²) in [5, 5.41) is 6.25. The second-order valence-corrected chi connectivity index (χ2v) is 8.15. The molecule has 0 aliphatic carbocycles. The Morgan fingerprint density at radius 3 is 2.63 bits per heavy atom. The van der Waals surface area contributed by atoms with Crippen LogP contribution in [0, 0.1) is 0 Å². The van der Waals surface area contributed by atoms with Gasteiger partial charge in [0.05, 0.1) is 19.3 Å². The number of aromatic nitrogens is 4. The molecule has 3 heterocycles. The minimum Gasteiger partial charge on any atom is -1.00 e. The van der Waals surface area contributed by atoms with Gasteiger partial charge >= 0.3 is 0 Å². The summed E-state index contributed by atoms with van der Waals surface area (Å²) >= 11 is 5.87. The number of amides is 2. The van der Waals surface area contributed by atoms with E-state index in [4.69, 9.17) is 17.3 Å². The largest absolute Gasteiger partial charge is 1.00 e. The molecule has 0 spiro atoms. The van der Waals surface area contributed by atoms with E-state index in [0.717, 1.165) is 29.9 Å². The van der Waals surface area contributed by atoms with E-state index >= 15 is 0 Å². The van der Waals surface area contributed by atoms with Gasteiger partial charge in [-0.15, -0.1) is 12.4 Å². The minimum atomic E-state index is -0.451. The van der Waals surface area contributed by atoms with Crippen molar-refractivity contribution in [3.8, 4) is 0 Å². The molecule has 13 heteroatoms. The lowest BCUT2D eigenvalue weighted by atomic mass is 10.1. The quantitative estimate of drug-likeness (QED) is 0.322. The molecule has 190 valence electrons. The second kappa shape index (κ2) is 12.3. The van der Waals surface area contributed by atoms with Gasteiger partial charge < -0.3 is 33.7 Å². The number of rotatable bonds is 6. The molecular weight excluding hydrogens is 515 g/mol. The third-order valence-corrected chi connectivity index (χ3v) is 6.04. The van der Waals surface area contributed by atoms with Crippen LogP contribution in [-0.2, 0) is 19.6 Å². The van der Waals surface area contributed by atoms with Gasteiger partial charge in [-0.1, -0.05) is 11.6 Å². The van der Waals surface area contributed by atoms with Crippen LogP contribution in [0.4, 0.5) is 5.82 Å². The van der Waals surface area contributed by atoms with Gasteiger partial charge in [-0.05, 0) is 26.0 Å². The lowest BCUT2D eigenvalue weighted by molar-refractivity contribution is -0.676. The normalized spacial score (nSPS) is 13.2. The van der Waals surface area contributed by atoms with Gasteiger partial charge in [0.25, 0.3) is 17.6 Å². The van der Waals surface area contributed by atoms with E-state index in [0.29, 0.717) is 31.7 Å². The number of piperazine rings is 1. The van der Waals surface area contributed by atoms with Crippen molar-refractivity contribution in [2.24, 2.45) is 0 Å². The van der Waals surface area contributed by atoms with Crippen molar-refractivity contribution in [2.45, 2.75) is 33.5 Å². The molecule has 0 atom stereocenters. The summed E-state index contributed by atoms with van der Waals surface area (Å²) in [6, 6.07) is 5.80. The fourth-order valence-corrected chi connectivity index (χ4v) is 4.39. The molecule has 2 amide bonds. The van der Waals surface area contributed by atoms with E-state index in [1.54, 1.807) is 0 Å². The molecule has 0 bridgehead atoms. The summed E-state index contributed by atoms with van der Waals surface area (Å²) in [5.41, 5.74) is 8.41. The lowest BCUT2D eigenvalue weighted by Gasteiger charge is -2.27. The number of halogens is 3. The first-order valence-corrected chi connectivity index (χ1v) is 11.4. The highest BCUT2D eigenvalue weighted by molar-refractivity contribution is 6.29. The Labute approximate surface area is 221 Å². The molecule has 3 aromatic rings. The first-order valence-electron chi connectivity index (χ1n) is 11.1. The number of anilines is 1. The van der Waals surface area contributed by atoms with Crippen LogP contribution >= 0.6 is 24.0 Å². The summed E-state index contributed by atoms with van der Waals surface area (Å²) in [6.45, 7) is 8.74. The summed E-state index contributed by atoms with van der Waals surface area (Å²) < 4.78 is 4.24. The maximum Gasteiger partial charge on any atom is 0.277 e. The highest BCUT2D eigenvalue weighted by Gasteiger charge is 2.27. The maximum atomic E-state index is 13.0. The molecule has 4 N–H and O–H groups in total. The van der Waals surface area contributed by atoms with Crippen molar-refractivity contribution in [1.29, 1.82) is 0 Å². The number of nitrogens with zero attached hydrogens (tertiary/aromatic N) is 5. The zero-order valence-corrected chi connectivity index (χ0v) is 21.9. The van der Waals surface area contributed by atoms with Crippen LogP contribution in [0.25, 0.3) is 11.0 Å². The van der Waals surface area contributed by atoms with E-state index in [9.17, 15) is 9.59 Å². The van der Waals surface area contributed by atoms with Crippen molar-refractivity contribution >= 4 is 52.7 Å². The standard InChI is InChI=1S/C22H27ClN8O2.2ClH/c1-3-30-15-6-5-14(22(33)29-9-7-25-8-10-29)11-16(15)31(4-2)18(30)13-27-21(32)19-20(24)26-12-17(23)28-19;;/h5-6,11-12,25H,3-4,7-10,13H2,1-2H3,(H2-,24,26,27,32);2*1H. The number of fused-ring (bicyclic) bond motifs is 1. The number of nitrogen functional groups attached to an aromatic ring is 1. The van der Waals surface area contributed by atoms with Crippen LogP contribution < -0.4 is 33.3 Å². The number of imidazole rings is 1. The number of hydrogen-bond donors (Lipinski definition) is 3. The summed E-state index contributed by atoms with van der Waals surface area (Å²) in [4.78, 5) is 35.5. The van der Waals surface area contributed by atoms with Gasteiger partial charge in [0.15, 0.2) is 22.5 Å². The van der Waals surface area contributed by atoms with Crippen molar-refractivity contribution in [2.75, 3.05) is 31.9 Å². The number of carbonyl (C=O) groups excluding carboxylic acids is 2. The maximum absolute atomic E-state index is 13.0. The molecule has 2 aromatic heterocycles. The SMILES string of the molecule is CCn1c(CNC(=O)c2nc(Cl)cnc2N)[n+](CC)c2ccc(C(=O)N3CCNCC3)cc21.Cl.[Cl-]. The number of aryl methyl sites for hydroxylation is 2. The van der Waals surface area contributed by atoms with Crippen molar-refractivity contribution in [3.63, 3.8) is 0 Å². The van der Waals surface area contributed by atoms with Crippen LogP contribution in [0.3, 0.4) is 0 Å². The zero-order chi connectivity index (χ0) is 23.5. The van der Waals surface area contributed by atoms with Gasteiger partial charge in [-0.3, -0.25) is 9.59 Å². The van der Waals surface area contributed by atoms with Crippen molar-refractivity contribution in [3.05, 3.63) is 46.6 Å². The van der Waals surface area contributed by atoms with Crippen LogP contribution in [0.5, 0.6) is 0 Å². The minimum absolute atomic E-state index is 0. The molecule has 10 nitrogen and oxygen atoms in total. The average Bonchev–Trinajstić information content (AvgIpc) is 3.15. The second-order valence-electron chi connectivity index (χ2n) is 7.76. The Bertz CT molecular complexity index is 1210. The zero-order valence-electron chi connectivity index (χ0n) is 19.6. The lowest BCUT2D eigenvalue weighted by Crippen LogP contribution is -3.00. The molecule has 1 aliphatic heterocycles. The van der Waals surface area contributed by atoms with E-state index < -0.39 is 5.91 Å². The third-order valence-electron chi connectivity index (χ3n) is 5.86. The highest BCUT2D eigenvalue weighted by Crippen LogP contribution is 2.19. The number of nitrogens with two attached hydrogens (primary N) is 1. The molecule has 35 heavy (non-hydrogen) atoms. The molecule has 1 aromatic carbocycles. The number of carbonyl (C=O) groups is 2. The Morgan fingerprint density at radius 2 is 1.97 bits per heavy atom. The number of nitrogens with one attached hydrogen (secondary N) is 2. The molecule has 1 aliphatic rings. The number of hydrogen-bond acceptors (Lipinski definition) is 6. The van der Waals surface area contributed by atoms with E-state index in [-0.39, 0.29) is 53.9 Å². The van der Waals surface area contributed by atoms with Gasteiger partial charge in [0.1, 0.15) is 11.7 Å². The van der Waals surface area contributed by atoms with Gasteiger partial charge in [-0.2, -0.15) is 0 Å². The Hall–Kier alpha value is -2.66. The van der Waals surface area contributed by atoms with Gasteiger partial charge in [0, 0.05) is 37.8 Å². The van der Waals surface area contributed by atoms with Gasteiger partial charge in [0.2, 0.25) is 0 Å². The van der Waals surface area contributed by atoms with Crippen LogP contribution in [0.1, 0.15) is 40.5 Å². The Kier molecular flexibility index (Phi) is 10.1. The topological polar surface area (TPSA) is 122 Å². The summed E-state index contributed by atoms with van der Waals surface area (Å²) in [6.07, 6.45) is 1.30. The average molecular weight is 544 g/mol. The Balaban J connectivity index is 0.00000216. The monoisotopic (exact) mass is 542 g/mol. The highest BCUT2D eigenvalue weighted by atomic mass is 35.5. The van der Waals surface area contributed by atoms with E-state index in [2.05, 4.69) is 29.7 Å². The molecule has 0 saturated carbocycles. The fraction of sp³-hybridized carbons (Fsp3) is 0.409. The number of benzene rings is 1. The molecule has 4 rings (SSSR count). The van der Waals surface area contributed by atoms with Crippen LogP contribution in [-0.4, -0.2) is 57.4 Å². The van der Waals surface area contributed by atoms with E-state index in [1.807, 2.05) is 36.9 Å². The van der Waals surface area contributed by atoms with Crippen LogP contribution in [0.2, 0.25) is 5.15 Å². The van der Waals surface area contributed by atoms with Crippen molar-refractivity contribution < 1.29 is 26.6 Å². The molecule has 0 unspecified atom stereocenters. The van der Waals surface area contributed by atoms with Gasteiger partial charge in [-0.25, -0.2) is 19.1 Å². The summed E-state index contributed by atoms with van der Waals surface area (Å²) in [7, 11) is 0. The molecule has 1 fully saturated rings. The van der Waals surface area contributed by atoms with Crippen LogP contribution in [0.15, 0.2) is 24.4 Å². The molecular formula is C22H29Cl3N8O2.